The second-order valence-corrected chi connectivity index (χ2v) is 24.2. The number of para-hydroxylation sites is 1. The van der Waals surface area contributed by atoms with E-state index in [2.05, 4.69) is 62.0 Å². The molecule has 6 rings (SSSR count). The van der Waals surface area contributed by atoms with Crippen molar-refractivity contribution >= 4 is 50.5 Å². The number of rotatable bonds is 28. The maximum absolute atomic E-state index is 14.6. The molecule has 2 aromatic carbocycles. The summed E-state index contributed by atoms with van der Waals surface area (Å²) in [6, 6.07) is 8.48. The fourth-order valence-electron chi connectivity index (χ4n) is 13.5. The second kappa shape index (κ2) is 25.8. The van der Waals surface area contributed by atoms with Crippen molar-refractivity contribution in [2.75, 3.05) is 38.0 Å². The van der Waals surface area contributed by atoms with Crippen LogP contribution in [-0.4, -0.2) is 84.0 Å². The number of carbonyl (C=O) groups excluding carboxylic acids is 3. The van der Waals surface area contributed by atoms with E-state index in [0.717, 1.165) is 36.7 Å². The van der Waals surface area contributed by atoms with E-state index >= 15 is 0 Å². The second-order valence-electron chi connectivity index (χ2n) is 22.4. The Kier molecular flexibility index (Phi) is 20.2. The largest absolute Gasteiger partial charge is 0.379 e. The third-order valence-corrected chi connectivity index (χ3v) is 19.3. The van der Waals surface area contributed by atoms with Crippen LogP contribution >= 0.6 is 0 Å². The first-order chi connectivity index (χ1) is 35.2. The zero-order valence-electron chi connectivity index (χ0n) is 44.1. The lowest BCUT2D eigenvalue weighted by atomic mass is 9.47. The number of benzene rings is 2. The molecule has 2 aromatic rings. The van der Waals surface area contributed by atoms with Crippen LogP contribution in [0.15, 0.2) is 59.0 Å². The summed E-state index contributed by atoms with van der Waals surface area (Å²) in [5.41, 5.74) is 0.563. The third kappa shape index (κ3) is 14.0. The average molecular weight is 1050 g/mol. The summed E-state index contributed by atoms with van der Waals surface area (Å²) >= 11 is 0. The van der Waals surface area contributed by atoms with Crippen molar-refractivity contribution in [3.63, 3.8) is 0 Å². The Morgan fingerprint density at radius 3 is 2.07 bits per heavy atom. The molecule has 8 atom stereocenters. The number of nitro benzene ring substituents is 3. The SMILES string of the molecule is CC(C)CCC[C@@H](C)[C@H]1CC[C@H]2[C@@H]3CC=C4C[C@@H](N(CCCNC(=O)CCNC(=O)CCNC(=O)CCCCCNc5ccc([N+](=O)[O-])cc5[N+](=O)[O-])S(=O)(=O)c5ccccc5[N+](=O)[O-])CC[C@]4(C)[C@H]3CC[C@]12C. The Morgan fingerprint density at radius 2 is 1.39 bits per heavy atom. The number of sulfonamides is 1. The number of amides is 3. The van der Waals surface area contributed by atoms with Crippen LogP contribution in [0.2, 0.25) is 0 Å². The molecule has 0 aromatic heterocycles. The molecule has 0 radical (unpaired) electrons. The molecule has 0 spiro atoms. The molecule has 408 valence electrons. The fourth-order valence-corrected chi connectivity index (χ4v) is 15.3. The number of hydrogen-bond donors (Lipinski definition) is 4. The fraction of sp³-hybridized carbons (Fsp3) is 0.685. The monoisotopic (exact) mass is 1050 g/mol. The molecule has 4 aliphatic carbocycles. The number of anilines is 1. The lowest BCUT2D eigenvalue weighted by molar-refractivity contribution is -0.393. The van der Waals surface area contributed by atoms with Gasteiger partial charge in [-0.05, 0) is 129 Å². The summed E-state index contributed by atoms with van der Waals surface area (Å²) < 4.78 is 30.7. The van der Waals surface area contributed by atoms with Gasteiger partial charge in [0.2, 0.25) is 27.7 Å². The van der Waals surface area contributed by atoms with E-state index in [0.29, 0.717) is 61.8 Å². The normalized spacial score (nSPS) is 24.7. The molecule has 74 heavy (non-hydrogen) atoms. The molecule has 4 N–H and O–H groups in total. The number of non-ortho nitro benzene ring substituents is 1. The summed E-state index contributed by atoms with van der Waals surface area (Å²) in [5.74, 6) is 3.14. The minimum Gasteiger partial charge on any atom is -0.379 e. The molecule has 0 saturated heterocycles. The third-order valence-electron chi connectivity index (χ3n) is 17.3. The molecule has 0 bridgehead atoms. The predicted molar refractivity (Wildman–Crippen MR) is 283 cm³/mol. The Bertz CT molecular complexity index is 2490. The predicted octanol–water partition coefficient (Wildman–Crippen LogP) is 10.0. The minimum atomic E-state index is -4.32. The van der Waals surface area contributed by atoms with Crippen LogP contribution in [-0.2, 0) is 24.4 Å². The molecule has 0 unspecified atom stereocenters. The Balaban J connectivity index is 0.941. The molecule has 4 aliphatic rings. The molecular weight excluding hydrogens is 969 g/mol. The highest BCUT2D eigenvalue weighted by molar-refractivity contribution is 7.89. The summed E-state index contributed by atoms with van der Waals surface area (Å²) in [5, 5.41) is 45.5. The highest BCUT2D eigenvalue weighted by Gasteiger charge is 2.59. The first kappa shape index (κ1) is 57.8. The van der Waals surface area contributed by atoms with E-state index in [1.165, 1.54) is 91.2 Å². The van der Waals surface area contributed by atoms with Crippen LogP contribution in [0, 0.1) is 76.7 Å². The first-order valence-corrected chi connectivity index (χ1v) is 28.5. The summed E-state index contributed by atoms with van der Waals surface area (Å²) in [6.07, 6.45) is 16.6. The lowest BCUT2D eigenvalue weighted by Crippen LogP contribution is -2.53. The van der Waals surface area contributed by atoms with Gasteiger partial charge in [0, 0.05) is 70.2 Å². The smallest absolute Gasteiger partial charge is 0.299 e. The summed E-state index contributed by atoms with van der Waals surface area (Å²) in [6.45, 7) is 12.9. The summed E-state index contributed by atoms with van der Waals surface area (Å²) in [4.78, 5) is 69.7. The van der Waals surface area contributed by atoms with Gasteiger partial charge < -0.3 is 21.3 Å². The van der Waals surface area contributed by atoms with E-state index in [1.807, 2.05) is 0 Å². The number of hydrogen-bond acceptors (Lipinski definition) is 12. The van der Waals surface area contributed by atoms with E-state index in [4.69, 9.17) is 0 Å². The Hall–Kier alpha value is -5.50. The molecule has 0 aliphatic heterocycles. The van der Waals surface area contributed by atoms with Crippen molar-refractivity contribution in [3.05, 3.63) is 84.5 Å². The van der Waals surface area contributed by atoms with Crippen molar-refractivity contribution in [1.29, 1.82) is 0 Å². The van der Waals surface area contributed by atoms with E-state index in [9.17, 15) is 53.1 Å². The van der Waals surface area contributed by atoms with Crippen molar-refractivity contribution in [2.24, 2.45) is 46.3 Å². The maximum Gasteiger partial charge on any atom is 0.299 e. The number of carbonyl (C=O) groups is 3. The van der Waals surface area contributed by atoms with Gasteiger partial charge in [0.25, 0.3) is 17.1 Å². The number of allylic oxidation sites excluding steroid dienone is 1. The topological polar surface area (TPSA) is 266 Å². The van der Waals surface area contributed by atoms with Crippen LogP contribution in [0.4, 0.5) is 22.7 Å². The molecule has 3 amide bonds. The highest BCUT2D eigenvalue weighted by atomic mass is 32.2. The Morgan fingerprint density at radius 1 is 0.716 bits per heavy atom. The van der Waals surface area contributed by atoms with Gasteiger partial charge in [-0.2, -0.15) is 4.31 Å². The number of nitrogens with one attached hydrogen (secondary N) is 4. The number of nitro groups is 3. The van der Waals surface area contributed by atoms with Gasteiger partial charge in [0.15, 0.2) is 4.90 Å². The quantitative estimate of drug-likeness (QED) is 0.0268. The van der Waals surface area contributed by atoms with Crippen LogP contribution in [0.3, 0.4) is 0 Å². The zero-order chi connectivity index (χ0) is 53.8. The number of unbranched alkanes of at least 4 members (excludes halogenated alkanes) is 2. The molecule has 19 nitrogen and oxygen atoms in total. The molecule has 3 saturated carbocycles. The molecule has 0 heterocycles. The van der Waals surface area contributed by atoms with Gasteiger partial charge in [-0.25, -0.2) is 8.42 Å². The van der Waals surface area contributed by atoms with Gasteiger partial charge in [-0.3, -0.25) is 44.7 Å². The van der Waals surface area contributed by atoms with E-state index < -0.39 is 42.2 Å². The van der Waals surface area contributed by atoms with Gasteiger partial charge in [0.05, 0.1) is 20.8 Å². The standard InChI is InChI=1S/C54H80N8O11S/c1-37(2)13-11-14-38(3)43-21-22-44-42-20-18-39-35-40(24-28-53(39,4)45(42)25-29-54(43,44)5)59(74(72,73)49-16-9-8-15-47(49)61(68)69)34-12-31-56-51(64)26-33-58-52(65)27-32-57-50(63)17-7-6-10-30-55-46-23-19-41(60(66)67)36-48(46)62(70)71/h8-9,15-16,18-19,23,36-38,40,42-45,55H,6-7,10-14,17,20-22,24-35H2,1-5H3,(H,56,64)(H,57,63)(H,58,65)/t38-,40+,42+,43-,44+,45+,53+,54-/m1/s1. The Labute approximate surface area is 436 Å². The van der Waals surface area contributed by atoms with Crippen LogP contribution in [0.5, 0.6) is 0 Å². The van der Waals surface area contributed by atoms with Crippen molar-refractivity contribution in [2.45, 2.75) is 161 Å². The zero-order valence-corrected chi connectivity index (χ0v) is 44.9. The summed E-state index contributed by atoms with van der Waals surface area (Å²) in [7, 11) is -4.32. The number of fused-ring (bicyclic) bond motifs is 5. The van der Waals surface area contributed by atoms with Crippen LogP contribution in [0.25, 0.3) is 0 Å². The molecule has 20 heteroatoms. The first-order valence-electron chi connectivity index (χ1n) is 27.1. The van der Waals surface area contributed by atoms with E-state index in [1.54, 1.807) is 0 Å². The minimum absolute atomic E-state index is 0.00608. The maximum atomic E-state index is 14.6. The van der Waals surface area contributed by atoms with Gasteiger partial charge in [0.1, 0.15) is 5.69 Å². The molecular formula is C54H80N8O11S. The van der Waals surface area contributed by atoms with Gasteiger partial charge >= 0.3 is 0 Å². The van der Waals surface area contributed by atoms with Gasteiger partial charge in [-0.1, -0.05) is 84.1 Å². The average Bonchev–Trinajstić information content (AvgIpc) is 3.72. The van der Waals surface area contributed by atoms with E-state index in [-0.39, 0.29) is 91.3 Å². The lowest BCUT2D eigenvalue weighted by Gasteiger charge is -2.59. The van der Waals surface area contributed by atoms with Gasteiger partial charge in [-0.15, -0.1) is 0 Å². The number of nitrogens with zero attached hydrogens (tertiary/aromatic N) is 4. The van der Waals surface area contributed by atoms with Crippen molar-refractivity contribution in [3.8, 4) is 0 Å². The van der Waals surface area contributed by atoms with Crippen LogP contribution in [0.1, 0.15) is 150 Å². The van der Waals surface area contributed by atoms with Crippen molar-refractivity contribution in [1.82, 2.24) is 20.3 Å². The molecule has 3 fully saturated rings. The van der Waals surface area contributed by atoms with Crippen molar-refractivity contribution < 1.29 is 37.6 Å². The van der Waals surface area contributed by atoms with Crippen LogP contribution < -0.4 is 21.3 Å². The highest BCUT2D eigenvalue weighted by Crippen LogP contribution is 2.67.